The van der Waals surface area contributed by atoms with Gasteiger partial charge in [-0.3, -0.25) is 4.79 Å². The van der Waals surface area contributed by atoms with Gasteiger partial charge in [0.05, 0.1) is 11.6 Å². The standard InChI is InChI=1S/C11H17N3OS/c1-7-8(2)16-11(13-7)14-10(15)9-4-3-5-12-6-9/h9,12H,3-6H2,1-2H3,(H,13,14,15)/t9-/m0/s1. The lowest BCUT2D eigenvalue weighted by Gasteiger charge is -2.21. The molecule has 0 saturated carbocycles. The first-order chi connectivity index (χ1) is 7.66. The number of nitrogens with one attached hydrogen (secondary N) is 2. The summed E-state index contributed by atoms with van der Waals surface area (Å²) in [7, 11) is 0. The van der Waals surface area contributed by atoms with E-state index in [9.17, 15) is 4.79 Å². The lowest BCUT2D eigenvalue weighted by atomic mass is 9.99. The topological polar surface area (TPSA) is 54.0 Å². The van der Waals surface area contributed by atoms with E-state index >= 15 is 0 Å². The third kappa shape index (κ3) is 2.59. The maximum atomic E-state index is 11.9. The third-order valence-corrected chi connectivity index (χ3v) is 3.91. The molecule has 0 spiro atoms. The van der Waals surface area contributed by atoms with E-state index in [4.69, 9.17) is 0 Å². The fourth-order valence-electron chi connectivity index (χ4n) is 1.81. The van der Waals surface area contributed by atoms with Crippen LogP contribution in [-0.2, 0) is 4.79 Å². The first-order valence-corrected chi connectivity index (χ1v) is 6.44. The van der Waals surface area contributed by atoms with E-state index in [1.165, 1.54) is 0 Å². The Morgan fingerprint density at radius 1 is 1.56 bits per heavy atom. The average Bonchev–Trinajstić information content (AvgIpc) is 2.59. The smallest absolute Gasteiger partial charge is 0.230 e. The number of aromatic nitrogens is 1. The molecule has 1 amide bonds. The summed E-state index contributed by atoms with van der Waals surface area (Å²) in [5.41, 5.74) is 1.00. The SMILES string of the molecule is Cc1nc(NC(=O)[C@H]2CCCNC2)sc1C. The molecule has 1 aliphatic rings. The lowest BCUT2D eigenvalue weighted by Crippen LogP contribution is -2.37. The van der Waals surface area contributed by atoms with Gasteiger partial charge in [-0.25, -0.2) is 4.98 Å². The zero-order valence-corrected chi connectivity index (χ0v) is 10.5. The van der Waals surface area contributed by atoms with E-state index in [-0.39, 0.29) is 11.8 Å². The van der Waals surface area contributed by atoms with Crippen molar-refractivity contribution in [1.82, 2.24) is 10.3 Å². The fourth-order valence-corrected chi connectivity index (χ4v) is 2.63. The van der Waals surface area contributed by atoms with E-state index in [2.05, 4.69) is 15.6 Å². The number of hydrogen-bond donors (Lipinski definition) is 2. The minimum atomic E-state index is 0.0956. The summed E-state index contributed by atoms with van der Waals surface area (Å²) in [4.78, 5) is 17.4. The molecule has 2 rings (SSSR count). The molecule has 5 heteroatoms. The van der Waals surface area contributed by atoms with Crippen LogP contribution in [0.2, 0.25) is 0 Å². The van der Waals surface area contributed by atoms with Gasteiger partial charge in [-0.1, -0.05) is 0 Å². The van der Waals surface area contributed by atoms with Crippen molar-refractivity contribution >= 4 is 22.4 Å². The molecule has 0 aliphatic carbocycles. The quantitative estimate of drug-likeness (QED) is 0.826. The Kier molecular flexibility index (Phi) is 3.56. The first kappa shape index (κ1) is 11.5. The van der Waals surface area contributed by atoms with E-state index in [0.717, 1.165) is 41.6 Å². The number of amides is 1. The normalized spacial score (nSPS) is 20.8. The van der Waals surface area contributed by atoms with Crippen LogP contribution >= 0.6 is 11.3 Å². The Morgan fingerprint density at radius 2 is 2.38 bits per heavy atom. The number of thiazole rings is 1. The highest BCUT2D eigenvalue weighted by Crippen LogP contribution is 2.22. The first-order valence-electron chi connectivity index (χ1n) is 5.62. The van der Waals surface area contributed by atoms with Gasteiger partial charge in [0.1, 0.15) is 0 Å². The summed E-state index contributed by atoms with van der Waals surface area (Å²) in [5, 5.41) is 6.87. The summed E-state index contributed by atoms with van der Waals surface area (Å²) < 4.78 is 0. The number of rotatable bonds is 2. The molecule has 1 aromatic heterocycles. The molecule has 1 fully saturated rings. The highest BCUT2D eigenvalue weighted by atomic mass is 32.1. The van der Waals surface area contributed by atoms with E-state index in [1.807, 2.05) is 13.8 Å². The van der Waals surface area contributed by atoms with Crippen molar-refractivity contribution in [3.8, 4) is 0 Å². The van der Waals surface area contributed by atoms with Crippen LogP contribution in [0.25, 0.3) is 0 Å². The molecule has 4 nitrogen and oxygen atoms in total. The van der Waals surface area contributed by atoms with Crippen LogP contribution in [0.1, 0.15) is 23.4 Å². The average molecular weight is 239 g/mol. The molecule has 1 aliphatic heterocycles. The zero-order chi connectivity index (χ0) is 11.5. The molecule has 2 heterocycles. The van der Waals surface area contributed by atoms with Crippen molar-refractivity contribution < 1.29 is 4.79 Å². The van der Waals surface area contributed by atoms with Crippen molar-refractivity contribution in [3.63, 3.8) is 0 Å². The number of nitrogens with zero attached hydrogens (tertiary/aromatic N) is 1. The molecular weight excluding hydrogens is 222 g/mol. The van der Waals surface area contributed by atoms with Crippen molar-refractivity contribution in [3.05, 3.63) is 10.6 Å². The van der Waals surface area contributed by atoms with Crippen molar-refractivity contribution in [2.45, 2.75) is 26.7 Å². The summed E-state index contributed by atoms with van der Waals surface area (Å²) >= 11 is 1.54. The molecule has 1 saturated heterocycles. The van der Waals surface area contributed by atoms with Crippen LogP contribution in [0.5, 0.6) is 0 Å². The monoisotopic (exact) mass is 239 g/mol. The number of hydrogen-bond acceptors (Lipinski definition) is 4. The second-order valence-corrected chi connectivity index (χ2v) is 5.40. The Balaban J connectivity index is 1.95. The summed E-state index contributed by atoms with van der Waals surface area (Å²) in [6.45, 7) is 5.79. The predicted molar refractivity (Wildman–Crippen MR) is 65.8 cm³/mol. The van der Waals surface area contributed by atoms with Crippen LogP contribution in [0, 0.1) is 19.8 Å². The molecule has 88 valence electrons. The van der Waals surface area contributed by atoms with Crippen LogP contribution in [0.3, 0.4) is 0 Å². The Bertz CT molecular complexity index is 363. The molecule has 0 bridgehead atoms. The van der Waals surface area contributed by atoms with Gasteiger partial charge in [0.2, 0.25) is 5.91 Å². The molecular formula is C11H17N3OS. The third-order valence-electron chi connectivity index (χ3n) is 2.93. The predicted octanol–water partition coefficient (Wildman–Crippen LogP) is 1.70. The highest BCUT2D eigenvalue weighted by molar-refractivity contribution is 7.15. The summed E-state index contributed by atoms with van der Waals surface area (Å²) in [6, 6.07) is 0. The lowest BCUT2D eigenvalue weighted by molar-refractivity contribution is -0.120. The van der Waals surface area contributed by atoms with E-state index in [0.29, 0.717) is 0 Å². The van der Waals surface area contributed by atoms with Crippen LogP contribution in [0.4, 0.5) is 5.13 Å². The molecule has 0 radical (unpaired) electrons. The molecule has 0 unspecified atom stereocenters. The highest BCUT2D eigenvalue weighted by Gasteiger charge is 2.21. The van der Waals surface area contributed by atoms with Crippen LogP contribution in [0.15, 0.2) is 0 Å². The van der Waals surface area contributed by atoms with Gasteiger partial charge in [-0.2, -0.15) is 0 Å². The van der Waals surface area contributed by atoms with Gasteiger partial charge in [-0.15, -0.1) is 11.3 Å². The zero-order valence-electron chi connectivity index (χ0n) is 9.67. The van der Waals surface area contributed by atoms with Gasteiger partial charge in [-0.05, 0) is 33.2 Å². The second-order valence-electron chi connectivity index (χ2n) is 4.19. The van der Waals surface area contributed by atoms with Crippen molar-refractivity contribution in [1.29, 1.82) is 0 Å². The van der Waals surface area contributed by atoms with Gasteiger partial charge < -0.3 is 10.6 Å². The minimum Gasteiger partial charge on any atom is -0.316 e. The Morgan fingerprint density at radius 3 is 2.94 bits per heavy atom. The molecule has 1 atom stereocenters. The summed E-state index contributed by atoms with van der Waals surface area (Å²) in [5.74, 6) is 0.194. The number of anilines is 1. The second kappa shape index (κ2) is 4.93. The maximum absolute atomic E-state index is 11.9. The number of carbonyl (C=O) groups excluding carboxylic acids is 1. The van der Waals surface area contributed by atoms with Crippen LogP contribution in [-0.4, -0.2) is 24.0 Å². The van der Waals surface area contributed by atoms with Crippen molar-refractivity contribution in [2.24, 2.45) is 5.92 Å². The van der Waals surface area contributed by atoms with Gasteiger partial charge in [0.15, 0.2) is 5.13 Å². The van der Waals surface area contributed by atoms with Gasteiger partial charge in [0, 0.05) is 11.4 Å². The van der Waals surface area contributed by atoms with Crippen LogP contribution < -0.4 is 10.6 Å². The molecule has 1 aromatic rings. The Labute approximate surface area is 99.5 Å². The molecule has 16 heavy (non-hydrogen) atoms. The van der Waals surface area contributed by atoms with E-state index < -0.39 is 0 Å². The number of carbonyl (C=O) groups is 1. The number of aryl methyl sites for hydroxylation is 2. The maximum Gasteiger partial charge on any atom is 0.230 e. The molecule has 0 aromatic carbocycles. The largest absolute Gasteiger partial charge is 0.316 e. The van der Waals surface area contributed by atoms with E-state index in [1.54, 1.807) is 11.3 Å². The minimum absolute atomic E-state index is 0.0956. The number of piperidine rings is 1. The van der Waals surface area contributed by atoms with Gasteiger partial charge >= 0.3 is 0 Å². The summed E-state index contributed by atoms with van der Waals surface area (Å²) in [6.07, 6.45) is 2.05. The van der Waals surface area contributed by atoms with Gasteiger partial charge in [0.25, 0.3) is 0 Å². The van der Waals surface area contributed by atoms with Crippen molar-refractivity contribution in [2.75, 3.05) is 18.4 Å². The Hall–Kier alpha value is -0.940. The fraction of sp³-hybridized carbons (Fsp3) is 0.636. The molecule has 2 N–H and O–H groups in total.